The molecule has 0 bridgehead atoms. The number of nitrogens with zero attached hydrogens (tertiary/aromatic N) is 3. The number of morpholine rings is 1. The maximum atomic E-state index is 13.0. The number of fused-ring (bicyclic) bond motifs is 1. The van der Waals surface area contributed by atoms with Gasteiger partial charge in [-0.1, -0.05) is 13.8 Å². The fraction of sp³-hybridized carbons (Fsp3) is 0.538. The van der Waals surface area contributed by atoms with Crippen molar-refractivity contribution in [2.45, 2.75) is 68.9 Å². The Morgan fingerprint density at radius 1 is 1.17 bits per heavy atom. The van der Waals surface area contributed by atoms with Crippen molar-refractivity contribution in [3.8, 4) is 11.3 Å². The number of hydrogen-bond donors (Lipinski definition) is 3. The number of pyridine rings is 2. The van der Waals surface area contributed by atoms with E-state index in [1.54, 1.807) is 18.3 Å². The first-order valence-electron chi connectivity index (χ1n) is 12.9. The maximum Gasteiger partial charge on any atom is 0.244 e. The first-order chi connectivity index (χ1) is 17.4. The highest BCUT2D eigenvalue weighted by Crippen LogP contribution is 2.37. The van der Waals surface area contributed by atoms with Crippen LogP contribution in [0.2, 0.25) is 0 Å². The van der Waals surface area contributed by atoms with Gasteiger partial charge in [0.15, 0.2) is 0 Å². The molecule has 36 heavy (non-hydrogen) atoms. The van der Waals surface area contributed by atoms with E-state index in [4.69, 9.17) is 4.74 Å². The average Bonchev–Trinajstić information content (AvgIpc) is 3.35. The number of aliphatic hydroxyl groups is 1. The van der Waals surface area contributed by atoms with Crippen molar-refractivity contribution < 1.29 is 18.3 Å². The molecular weight excluding hydrogens is 478 g/mol. The molecular formula is C26H35N5O4S. The molecule has 1 unspecified atom stereocenters. The number of aliphatic hydroxyl groups excluding tert-OH is 1. The summed E-state index contributed by atoms with van der Waals surface area (Å²) in [4.78, 5) is 12.9. The van der Waals surface area contributed by atoms with E-state index >= 15 is 0 Å². The van der Waals surface area contributed by atoms with Crippen LogP contribution in [0.3, 0.4) is 0 Å². The predicted molar refractivity (Wildman–Crippen MR) is 139 cm³/mol. The van der Waals surface area contributed by atoms with Gasteiger partial charge in [-0.25, -0.2) is 13.4 Å². The fourth-order valence-electron chi connectivity index (χ4n) is 4.98. The van der Waals surface area contributed by atoms with Crippen LogP contribution in [-0.2, 0) is 14.8 Å². The lowest BCUT2D eigenvalue weighted by Crippen LogP contribution is -2.40. The van der Waals surface area contributed by atoms with Crippen molar-refractivity contribution in [2.24, 2.45) is 0 Å². The monoisotopic (exact) mass is 513 g/mol. The number of H-pyrrole nitrogens is 1. The Hall–Kier alpha value is -2.53. The minimum absolute atomic E-state index is 0.179. The molecule has 0 amide bonds. The second-order valence-electron chi connectivity index (χ2n) is 9.89. The van der Waals surface area contributed by atoms with E-state index in [1.807, 2.05) is 0 Å². The number of rotatable bonds is 7. The Morgan fingerprint density at radius 3 is 2.58 bits per heavy atom. The molecule has 3 aromatic rings. The third-order valence-electron chi connectivity index (χ3n) is 7.49. The number of aromatic amines is 1. The highest BCUT2D eigenvalue weighted by atomic mass is 32.2. The normalized spacial score (nSPS) is 22.5. The lowest BCUT2D eigenvalue weighted by molar-refractivity contribution is 0.0730. The fourth-order valence-corrected chi connectivity index (χ4v) is 6.34. The second-order valence-corrected chi connectivity index (χ2v) is 11.8. The molecule has 4 heterocycles. The van der Waals surface area contributed by atoms with Gasteiger partial charge in [0.25, 0.3) is 0 Å². The number of hydrogen-bond acceptors (Lipinski definition) is 7. The average molecular weight is 514 g/mol. The van der Waals surface area contributed by atoms with Crippen LogP contribution in [0, 0.1) is 0 Å². The first-order valence-corrected chi connectivity index (χ1v) is 14.3. The van der Waals surface area contributed by atoms with Crippen molar-refractivity contribution in [1.29, 1.82) is 0 Å². The highest BCUT2D eigenvalue weighted by molar-refractivity contribution is 7.89. The van der Waals surface area contributed by atoms with E-state index in [2.05, 4.69) is 40.2 Å². The molecule has 1 aliphatic heterocycles. The molecule has 0 aromatic carbocycles. The summed E-state index contributed by atoms with van der Waals surface area (Å²) in [6.45, 7) is 5.86. The van der Waals surface area contributed by atoms with E-state index in [0.29, 0.717) is 37.9 Å². The number of aromatic nitrogens is 3. The third kappa shape index (κ3) is 5.00. The first kappa shape index (κ1) is 25.1. The van der Waals surface area contributed by atoms with Crippen LogP contribution < -0.4 is 5.32 Å². The summed E-state index contributed by atoms with van der Waals surface area (Å²) in [7, 11) is -3.61. The molecule has 0 spiro atoms. The standard InChI is InChI=1S/C26H35N5O4S/c1-3-17(2)24-14-21-25(29-18-4-6-19(32)7-5-18)22(16-28-26(21)30-24)23-9-8-20(15-27-23)36(33,34)31-10-12-35-13-11-31/h8-9,14-19,32H,3-7,10-13H2,1-2H3,(H2,28,29,30). The lowest BCUT2D eigenvalue weighted by Gasteiger charge is -2.28. The smallest absolute Gasteiger partial charge is 0.244 e. The van der Waals surface area contributed by atoms with Gasteiger partial charge in [0.1, 0.15) is 10.5 Å². The Balaban J connectivity index is 1.51. The van der Waals surface area contributed by atoms with Crippen LogP contribution in [0.1, 0.15) is 57.6 Å². The van der Waals surface area contributed by atoms with E-state index in [0.717, 1.165) is 60.1 Å². The van der Waals surface area contributed by atoms with Crippen molar-refractivity contribution >= 4 is 26.7 Å². The second kappa shape index (κ2) is 10.5. The van der Waals surface area contributed by atoms with Gasteiger partial charge in [-0.3, -0.25) is 4.98 Å². The molecule has 1 saturated carbocycles. The topological polar surface area (TPSA) is 120 Å². The van der Waals surface area contributed by atoms with Crippen LogP contribution in [0.25, 0.3) is 22.3 Å². The molecule has 0 radical (unpaired) electrons. The SMILES string of the molecule is CCC(C)c1cc2c(NC3CCC(O)CC3)c(-c3ccc(S(=O)(=O)N4CCOCC4)cn3)cnc2[nH]1. The van der Waals surface area contributed by atoms with Gasteiger partial charge in [0, 0.05) is 48.2 Å². The van der Waals surface area contributed by atoms with Gasteiger partial charge >= 0.3 is 0 Å². The van der Waals surface area contributed by atoms with E-state index in [-0.39, 0.29) is 17.0 Å². The van der Waals surface area contributed by atoms with Crippen molar-refractivity contribution in [2.75, 3.05) is 31.6 Å². The minimum Gasteiger partial charge on any atom is -0.393 e. The lowest BCUT2D eigenvalue weighted by atomic mass is 9.92. The van der Waals surface area contributed by atoms with Gasteiger partial charge in [-0.2, -0.15) is 4.31 Å². The maximum absolute atomic E-state index is 13.0. The van der Waals surface area contributed by atoms with E-state index in [1.165, 1.54) is 10.5 Å². The van der Waals surface area contributed by atoms with Gasteiger partial charge in [0.2, 0.25) is 10.0 Å². The Morgan fingerprint density at radius 2 is 1.92 bits per heavy atom. The van der Waals surface area contributed by atoms with E-state index in [9.17, 15) is 13.5 Å². The van der Waals surface area contributed by atoms with Crippen molar-refractivity contribution in [1.82, 2.24) is 19.3 Å². The van der Waals surface area contributed by atoms with Crippen LogP contribution >= 0.6 is 0 Å². The third-order valence-corrected chi connectivity index (χ3v) is 9.37. The highest BCUT2D eigenvalue weighted by Gasteiger charge is 2.27. The summed E-state index contributed by atoms with van der Waals surface area (Å²) in [6, 6.07) is 5.78. The Kier molecular flexibility index (Phi) is 7.30. The van der Waals surface area contributed by atoms with Crippen LogP contribution in [0.5, 0.6) is 0 Å². The summed E-state index contributed by atoms with van der Waals surface area (Å²) in [6.07, 6.45) is 7.35. The molecule has 1 saturated heterocycles. The minimum atomic E-state index is -3.61. The molecule has 2 fully saturated rings. The largest absolute Gasteiger partial charge is 0.393 e. The molecule has 5 rings (SSSR count). The van der Waals surface area contributed by atoms with E-state index < -0.39 is 10.0 Å². The Labute approximate surface area is 212 Å². The molecule has 1 aliphatic carbocycles. The summed E-state index contributed by atoms with van der Waals surface area (Å²) in [5.41, 5.74) is 4.40. The van der Waals surface area contributed by atoms with Gasteiger partial charge < -0.3 is 20.1 Å². The molecule has 9 nitrogen and oxygen atoms in total. The van der Waals surface area contributed by atoms with Crippen LogP contribution in [-0.4, -0.2) is 71.2 Å². The van der Waals surface area contributed by atoms with Crippen LogP contribution in [0.4, 0.5) is 5.69 Å². The molecule has 194 valence electrons. The van der Waals surface area contributed by atoms with Crippen LogP contribution in [0.15, 0.2) is 35.5 Å². The summed E-state index contributed by atoms with van der Waals surface area (Å²) in [5.74, 6) is 0.378. The summed E-state index contributed by atoms with van der Waals surface area (Å²) in [5, 5.41) is 14.7. The molecule has 2 aliphatic rings. The van der Waals surface area contributed by atoms with Gasteiger partial charge in [0.05, 0.1) is 30.7 Å². The number of ether oxygens (including phenoxy) is 1. The quantitative estimate of drug-likeness (QED) is 0.438. The summed E-state index contributed by atoms with van der Waals surface area (Å²) < 4.78 is 32.8. The molecule has 1 atom stereocenters. The predicted octanol–water partition coefficient (Wildman–Crippen LogP) is 3.87. The molecule has 3 aromatic heterocycles. The number of sulfonamides is 1. The zero-order chi connectivity index (χ0) is 25.3. The number of anilines is 1. The Bertz CT molecular complexity index is 1290. The zero-order valence-electron chi connectivity index (χ0n) is 20.9. The molecule has 10 heteroatoms. The summed E-state index contributed by atoms with van der Waals surface area (Å²) >= 11 is 0. The molecule has 3 N–H and O–H groups in total. The zero-order valence-corrected chi connectivity index (χ0v) is 21.7. The van der Waals surface area contributed by atoms with Gasteiger partial charge in [-0.15, -0.1) is 0 Å². The van der Waals surface area contributed by atoms with Crippen molar-refractivity contribution in [3.05, 3.63) is 36.3 Å². The number of nitrogens with one attached hydrogen (secondary N) is 2. The van der Waals surface area contributed by atoms with Gasteiger partial charge in [-0.05, 0) is 56.2 Å². The van der Waals surface area contributed by atoms with Crippen molar-refractivity contribution in [3.63, 3.8) is 0 Å².